The SMILES string of the molecule is COc1cc(C2NC(=O)c3ccc(Cl)cc3N2)cc(OC)c1O. The minimum Gasteiger partial charge on any atom is -0.502 e. The number of aromatic hydroxyl groups is 1. The van der Waals surface area contributed by atoms with Gasteiger partial charge in [-0.25, -0.2) is 0 Å². The van der Waals surface area contributed by atoms with Crippen LogP contribution >= 0.6 is 11.6 Å². The van der Waals surface area contributed by atoms with Crippen LogP contribution in [-0.4, -0.2) is 25.2 Å². The fourth-order valence-corrected chi connectivity index (χ4v) is 2.65. The number of ether oxygens (including phenoxy) is 2. The molecule has 7 heteroatoms. The largest absolute Gasteiger partial charge is 0.502 e. The summed E-state index contributed by atoms with van der Waals surface area (Å²) in [6, 6.07) is 8.27. The first-order chi connectivity index (χ1) is 11.0. The van der Waals surface area contributed by atoms with E-state index in [1.807, 2.05) is 0 Å². The molecule has 0 fully saturated rings. The van der Waals surface area contributed by atoms with Crippen molar-refractivity contribution in [3.63, 3.8) is 0 Å². The maximum Gasteiger partial charge on any atom is 0.255 e. The Balaban J connectivity index is 2.02. The zero-order chi connectivity index (χ0) is 16.6. The molecule has 0 bridgehead atoms. The lowest BCUT2D eigenvalue weighted by atomic mass is 10.0. The quantitative estimate of drug-likeness (QED) is 0.804. The van der Waals surface area contributed by atoms with E-state index < -0.39 is 6.17 Å². The molecule has 0 aliphatic carbocycles. The van der Waals surface area contributed by atoms with E-state index in [2.05, 4.69) is 10.6 Å². The summed E-state index contributed by atoms with van der Waals surface area (Å²) in [4.78, 5) is 12.3. The Bertz CT molecular complexity index is 754. The molecule has 1 unspecified atom stereocenters. The highest BCUT2D eigenvalue weighted by molar-refractivity contribution is 6.31. The van der Waals surface area contributed by atoms with Gasteiger partial charge >= 0.3 is 0 Å². The second-order valence-corrected chi connectivity index (χ2v) is 5.45. The van der Waals surface area contributed by atoms with Gasteiger partial charge in [0.2, 0.25) is 5.75 Å². The number of amides is 1. The molecule has 2 aromatic rings. The van der Waals surface area contributed by atoms with E-state index in [-0.39, 0.29) is 23.2 Å². The predicted octanol–water partition coefficient (Wildman–Crippen LogP) is 2.92. The van der Waals surface area contributed by atoms with Crippen molar-refractivity contribution in [2.45, 2.75) is 6.17 Å². The Morgan fingerprint density at radius 3 is 2.35 bits per heavy atom. The maximum absolute atomic E-state index is 12.3. The number of phenolic OH excluding ortho intramolecular Hbond substituents is 1. The van der Waals surface area contributed by atoms with E-state index in [0.717, 1.165) is 0 Å². The molecule has 0 aromatic heterocycles. The molecule has 0 saturated carbocycles. The van der Waals surface area contributed by atoms with Gasteiger partial charge in [-0.2, -0.15) is 0 Å². The van der Waals surface area contributed by atoms with E-state index in [1.165, 1.54) is 14.2 Å². The van der Waals surface area contributed by atoms with Crippen LogP contribution in [0.15, 0.2) is 30.3 Å². The molecule has 0 spiro atoms. The second kappa shape index (κ2) is 5.89. The van der Waals surface area contributed by atoms with E-state index in [4.69, 9.17) is 21.1 Å². The normalized spacial score (nSPS) is 16.1. The number of hydrogen-bond acceptors (Lipinski definition) is 5. The van der Waals surface area contributed by atoms with Gasteiger partial charge in [-0.05, 0) is 30.3 Å². The van der Waals surface area contributed by atoms with Crippen molar-refractivity contribution in [2.24, 2.45) is 0 Å². The average Bonchev–Trinajstić information content (AvgIpc) is 2.54. The second-order valence-electron chi connectivity index (χ2n) is 5.01. The van der Waals surface area contributed by atoms with Crippen LogP contribution in [-0.2, 0) is 0 Å². The number of methoxy groups -OCH3 is 2. The molecule has 1 amide bonds. The minimum atomic E-state index is -0.503. The molecular formula is C16H15ClN2O4. The topological polar surface area (TPSA) is 79.8 Å². The van der Waals surface area contributed by atoms with Crippen molar-refractivity contribution in [1.82, 2.24) is 5.32 Å². The molecule has 0 radical (unpaired) electrons. The first-order valence-corrected chi connectivity index (χ1v) is 7.23. The summed E-state index contributed by atoms with van der Waals surface area (Å²) >= 11 is 5.99. The number of hydrogen-bond donors (Lipinski definition) is 3. The Labute approximate surface area is 138 Å². The molecule has 1 heterocycles. The minimum absolute atomic E-state index is 0.0932. The van der Waals surface area contributed by atoms with Gasteiger partial charge < -0.3 is 25.2 Å². The van der Waals surface area contributed by atoms with Crippen LogP contribution in [0.25, 0.3) is 0 Å². The first-order valence-electron chi connectivity index (χ1n) is 6.85. The highest BCUT2D eigenvalue weighted by atomic mass is 35.5. The summed E-state index contributed by atoms with van der Waals surface area (Å²) in [5.74, 6) is 0.204. The van der Waals surface area contributed by atoms with Crippen molar-refractivity contribution in [2.75, 3.05) is 19.5 Å². The Hall–Kier alpha value is -2.60. The van der Waals surface area contributed by atoms with Gasteiger partial charge in [-0.3, -0.25) is 4.79 Å². The van der Waals surface area contributed by atoms with Gasteiger partial charge in [-0.15, -0.1) is 0 Å². The summed E-state index contributed by atoms with van der Waals surface area (Å²) in [5, 5.41) is 16.6. The molecule has 3 rings (SSSR count). The van der Waals surface area contributed by atoms with Gasteiger partial charge in [0.1, 0.15) is 6.17 Å². The zero-order valence-electron chi connectivity index (χ0n) is 12.5. The van der Waals surface area contributed by atoms with Gasteiger partial charge in [-0.1, -0.05) is 11.6 Å². The summed E-state index contributed by atoms with van der Waals surface area (Å²) in [7, 11) is 2.89. The number of nitrogens with one attached hydrogen (secondary N) is 2. The number of anilines is 1. The van der Waals surface area contributed by atoms with E-state index >= 15 is 0 Å². The van der Waals surface area contributed by atoms with Crippen LogP contribution in [0.2, 0.25) is 5.02 Å². The van der Waals surface area contributed by atoms with Crippen LogP contribution < -0.4 is 20.1 Å². The molecule has 2 aromatic carbocycles. The molecule has 3 N–H and O–H groups in total. The number of rotatable bonds is 3. The lowest BCUT2D eigenvalue weighted by Crippen LogP contribution is -2.38. The number of halogens is 1. The summed E-state index contributed by atoms with van der Waals surface area (Å²) in [5.41, 5.74) is 1.83. The van der Waals surface area contributed by atoms with Crippen molar-refractivity contribution in [1.29, 1.82) is 0 Å². The molecule has 1 atom stereocenters. The van der Waals surface area contributed by atoms with Crippen LogP contribution in [0.4, 0.5) is 5.69 Å². The molecule has 23 heavy (non-hydrogen) atoms. The number of benzene rings is 2. The predicted molar refractivity (Wildman–Crippen MR) is 86.5 cm³/mol. The standard InChI is InChI=1S/C16H15ClN2O4/c1-22-12-5-8(6-13(23-2)14(12)20)15-18-11-7-9(17)3-4-10(11)16(21)19-15/h3-7,15,18,20H,1-2H3,(H,19,21). The van der Waals surface area contributed by atoms with Gasteiger partial charge in [0.05, 0.1) is 25.5 Å². The highest BCUT2D eigenvalue weighted by Gasteiger charge is 2.26. The molecule has 6 nitrogen and oxygen atoms in total. The van der Waals surface area contributed by atoms with Crippen LogP contribution in [0, 0.1) is 0 Å². The van der Waals surface area contributed by atoms with Crippen LogP contribution in [0.3, 0.4) is 0 Å². The maximum atomic E-state index is 12.3. The molecule has 0 saturated heterocycles. The van der Waals surface area contributed by atoms with Crippen LogP contribution in [0.1, 0.15) is 22.1 Å². The van der Waals surface area contributed by atoms with Crippen molar-refractivity contribution in [3.8, 4) is 17.2 Å². The number of carbonyl (C=O) groups excluding carboxylic acids is 1. The number of phenols is 1. The summed E-state index contributed by atoms with van der Waals surface area (Å²) in [6.45, 7) is 0. The fourth-order valence-electron chi connectivity index (χ4n) is 2.48. The lowest BCUT2D eigenvalue weighted by molar-refractivity contribution is 0.0935. The van der Waals surface area contributed by atoms with E-state index in [0.29, 0.717) is 21.8 Å². The molecule has 1 aliphatic heterocycles. The van der Waals surface area contributed by atoms with Gasteiger partial charge in [0.15, 0.2) is 11.5 Å². The summed E-state index contributed by atoms with van der Waals surface area (Å²) < 4.78 is 10.3. The van der Waals surface area contributed by atoms with E-state index in [1.54, 1.807) is 30.3 Å². The zero-order valence-corrected chi connectivity index (χ0v) is 13.3. The number of fused-ring (bicyclic) bond motifs is 1. The van der Waals surface area contributed by atoms with Gasteiger partial charge in [0.25, 0.3) is 5.91 Å². The monoisotopic (exact) mass is 334 g/mol. The lowest BCUT2D eigenvalue weighted by Gasteiger charge is -2.28. The average molecular weight is 335 g/mol. The highest BCUT2D eigenvalue weighted by Crippen LogP contribution is 2.39. The third-order valence-corrected chi connectivity index (χ3v) is 3.87. The smallest absolute Gasteiger partial charge is 0.255 e. The van der Waals surface area contributed by atoms with Gasteiger partial charge in [0, 0.05) is 10.6 Å². The van der Waals surface area contributed by atoms with Crippen molar-refractivity contribution < 1.29 is 19.4 Å². The van der Waals surface area contributed by atoms with E-state index in [9.17, 15) is 9.90 Å². The molecule has 120 valence electrons. The Morgan fingerprint density at radius 1 is 1.09 bits per heavy atom. The molecular weight excluding hydrogens is 320 g/mol. The summed E-state index contributed by atoms with van der Waals surface area (Å²) in [6.07, 6.45) is -0.503. The third-order valence-electron chi connectivity index (χ3n) is 3.64. The Morgan fingerprint density at radius 2 is 1.74 bits per heavy atom. The fraction of sp³-hybridized carbons (Fsp3) is 0.188. The third kappa shape index (κ3) is 2.73. The van der Waals surface area contributed by atoms with Crippen LogP contribution in [0.5, 0.6) is 17.2 Å². The van der Waals surface area contributed by atoms with Crippen molar-refractivity contribution in [3.05, 3.63) is 46.5 Å². The molecule has 1 aliphatic rings. The van der Waals surface area contributed by atoms with Crippen molar-refractivity contribution >= 4 is 23.2 Å². The number of carbonyl (C=O) groups is 1. The Kier molecular flexibility index (Phi) is 3.92. The first kappa shape index (κ1) is 15.3.